The van der Waals surface area contributed by atoms with Gasteiger partial charge in [0.25, 0.3) is 0 Å². The number of Topliss-reactive ketones (excluding diaryl/α,β-unsaturated/α-hetero) is 1. The van der Waals surface area contributed by atoms with Gasteiger partial charge in [0.15, 0.2) is 5.78 Å². The minimum absolute atomic E-state index is 0.0114. The van der Waals surface area contributed by atoms with Crippen LogP contribution in [-0.4, -0.2) is 36.6 Å². The number of rotatable bonds is 7. The van der Waals surface area contributed by atoms with Crippen molar-refractivity contribution in [2.24, 2.45) is 17.8 Å². The lowest BCUT2D eigenvalue weighted by molar-refractivity contribution is -0.141. The maximum Gasteiger partial charge on any atom is 0.510 e. The molecule has 3 aliphatic carbocycles. The second kappa shape index (κ2) is 11.5. The van der Waals surface area contributed by atoms with E-state index in [1.807, 2.05) is 48.6 Å². The van der Waals surface area contributed by atoms with Crippen LogP contribution in [0.1, 0.15) is 38.7 Å². The van der Waals surface area contributed by atoms with Crippen LogP contribution in [0.2, 0.25) is 0 Å². The number of carbonyl (C=O) groups excluding carboxylic acids is 3. The summed E-state index contributed by atoms with van der Waals surface area (Å²) in [6, 6.07) is 9.89. The molecule has 0 radical (unpaired) electrons. The van der Waals surface area contributed by atoms with Crippen molar-refractivity contribution >= 4 is 23.8 Å². The van der Waals surface area contributed by atoms with Crippen LogP contribution in [0, 0.1) is 30.9 Å². The molecule has 0 fully saturated rings. The molecular weight excluding hydrogens is 492 g/mol. The number of fused-ring (bicyclic) bond motifs is 2. The molecule has 7 nitrogen and oxygen atoms in total. The summed E-state index contributed by atoms with van der Waals surface area (Å²) in [5.41, 5.74) is 2.32. The highest BCUT2D eigenvalue weighted by Crippen LogP contribution is 2.54. The predicted octanol–water partition coefficient (Wildman–Crippen LogP) is 5.70. The van der Waals surface area contributed by atoms with Gasteiger partial charge in [-0.05, 0) is 40.5 Å². The van der Waals surface area contributed by atoms with Gasteiger partial charge < -0.3 is 9.47 Å². The maximum absolute atomic E-state index is 13.1. The third-order valence-electron chi connectivity index (χ3n) is 7.61. The molecule has 7 heteroatoms. The number of nitrogens with zero attached hydrogens (tertiary/aromatic N) is 2. The molecule has 0 bridgehead atoms. The molecule has 0 aromatic heterocycles. The Kier molecular flexibility index (Phi) is 8.12. The molecule has 0 saturated carbocycles. The summed E-state index contributed by atoms with van der Waals surface area (Å²) in [6.07, 6.45) is 8.65. The molecule has 4 rings (SSSR count). The lowest BCUT2D eigenvalue weighted by atomic mass is 9.67. The van der Waals surface area contributed by atoms with E-state index in [-0.39, 0.29) is 43.7 Å². The Morgan fingerprint density at radius 3 is 2.36 bits per heavy atom. The minimum Gasteiger partial charge on any atom is -0.461 e. The van der Waals surface area contributed by atoms with Gasteiger partial charge in [-0.25, -0.2) is 22.8 Å². The van der Waals surface area contributed by atoms with E-state index in [1.54, 1.807) is 0 Å². The lowest BCUT2D eigenvalue weighted by Gasteiger charge is -2.35. The number of benzene rings is 1. The molecule has 0 spiro atoms. The zero-order valence-corrected chi connectivity index (χ0v) is 22.1. The first-order valence-corrected chi connectivity index (χ1v) is 12.8. The van der Waals surface area contributed by atoms with E-state index in [4.69, 9.17) is 22.6 Å². The standard InChI is InChI=1S/C32H30N2O5/c1-6-24-14-23(13-12-22-10-8-7-9-11-22)15-29-31(24)28(19-39-21(3)36)25-16-30(37)27(18-38-20(2)35)26(25)17-32(29,33-4)34-5/h6-13,15,23-24,31H,1,14,16-19H2,2-3H3/b13-12+/t23-,24+,31-/m0/s1. The fraction of sp³-hybridized carbons (Fsp3) is 0.344. The summed E-state index contributed by atoms with van der Waals surface area (Å²) in [7, 11) is 0. The van der Waals surface area contributed by atoms with E-state index in [0.29, 0.717) is 34.3 Å². The highest BCUT2D eigenvalue weighted by Gasteiger charge is 2.59. The number of ketones is 1. The smallest absolute Gasteiger partial charge is 0.461 e. The Labute approximate surface area is 228 Å². The third kappa shape index (κ3) is 5.54. The fourth-order valence-electron chi connectivity index (χ4n) is 5.79. The number of hydrogen-bond donors (Lipinski definition) is 0. The highest BCUT2D eigenvalue weighted by atomic mass is 16.5. The maximum atomic E-state index is 13.1. The molecule has 198 valence electrons. The second-order valence-electron chi connectivity index (χ2n) is 10.0. The van der Waals surface area contributed by atoms with E-state index < -0.39 is 23.5 Å². The molecule has 1 aromatic rings. The number of ether oxygens (including phenoxy) is 2. The topological polar surface area (TPSA) is 78.4 Å². The number of hydrogen-bond acceptors (Lipinski definition) is 5. The summed E-state index contributed by atoms with van der Waals surface area (Å²) in [5.74, 6) is -1.86. The van der Waals surface area contributed by atoms with E-state index in [9.17, 15) is 14.4 Å². The van der Waals surface area contributed by atoms with E-state index in [2.05, 4.69) is 22.3 Å². The zero-order chi connectivity index (χ0) is 28.2. The molecule has 0 heterocycles. The third-order valence-corrected chi connectivity index (χ3v) is 7.61. The van der Waals surface area contributed by atoms with E-state index in [1.165, 1.54) is 13.8 Å². The van der Waals surface area contributed by atoms with E-state index >= 15 is 0 Å². The van der Waals surface area contributed by atoms with Crippen LogP contribution in [-0.2, 0) is 23.9 Å². The van der Waals surface area contributed by atoms with Gasteiger partial charge in [0.05, 0.1) is 0 Å². The average Bonchev–Trinajstić information content (AvgIpc) is 3.17. The summed E-state index contributed by atoms with van der Waals surface area (Å²) < 4.78 is 10.7. The van der Waals surface area contributed by atoms with Crippen molar-refractivity contribution in [3.63, 3.8) is 0 Å². The Morgan fingerprint density at radius 2 is 1.74 bits per heavy atom. The molecule has 39 heavy (non-hydrogen) atoms. The molecule has 1 aromatic carbocycles. The van der Waals surface area contributed by atoms with Crippen molar-refractivity contribution in [3.8, 4) is 0 Å². The van der Waals surface area contributed by atoms with Gasteiger partial charge in [0.2, 0.25) is 0 Å². The number of allylic oxidation sites excluding steroid dienone is 4. The summed E-state index contributed by atoms with van der Waals surface area (Å²) in [5, 5.41) is 0. The summed E-state index contributed by atoms with van der Waals surface area (Å²) in [4.78, 5) is 44.3. The first-order chi connectivity index (χ1) is 18.7. The second-order valence-corrected chi connectivity index (χ2v) is 10.0. The molecule has 3 atom stereocenters. The zero-order valence-electron chi connectivity index (χ0n) is 22.1. The Bertz CT molecular complexity index is 1400. The van der Waals surface area contributed by atoms with Crippen molar-refractivity contribution in [3.05, 3.63) is 111 Å². The van der Waals surface area contributed by atoms with Crippen LogP contribution in [0.25, 0.3) is 15.8 Å². The molecule has 0 unspecified atom stereocenters. The predicted molar refractivity (Wildman–Crippen MR) is 146 cm³/mol. The Morgan fingerprint density at radius 1 is 1.08 bits per heavy atom. The summed E-state index contributed by atoms with van der Waals surface area (Å²) in [6.45, 7) is 22.8. The van der Waals surface area contributed by atoms with Crippen molar-refractivity contribution in [1.29, 1.82) is 0 Å². The van der Waals surface area contributed by atoms with Crippen molar-refractivity contribution in [1.82, 2.24) is 0 Å². The van der Waals surface area contributed by atoms with Gasteiger partial charge in [0, 0.05) is 31.8 Å². The quantitative estimate of drug-likeness (QED) is 0.261. The van der Waals surface area contributed by atoms with Gasteiger partial charge in [-0.2, -0.15) is 0 Å². The van der Waals surface area contributed by atoms with Crippen LogP contribution in [0.4, 0.5) is 0 Å². The van der Waals surface area contributed by atoms with Gasteiger partial charge >= 0.3 is 17.6 Å². The fourth-order valence-corrected chi connectivity index (χ4v) is 5.79. The highest BCUT2D eigenvalue weighted by molar-refractivity contribution is 6.03. The first-order valence-electron chi connectivity index (χ1n) is 12.8. The Hall–Kier alpha value is -4.49. The van der Waals surface area contributed by atoms with Crippen LogP contribution in [0.5, 0.6) is 0 Å². The number of carbonyl (C=O) groups is 3. The number of esters is 2. The largest absolute Gasteiger partial charge is 0.510 e. The van der Waals surface area contributed by atoms with Crippen LogP contribution in [0.15, 0.2) is 83.0 Å². The molecule has 0 saturated heterocycles. The molecule has 0 aliphatic heterocycles. The first kappa shape index (κ1) is 27.5. The van der Waals surface area contributed by atoms with Crippen molar-refractivity contribution in [2.45, 2.75) is 38.8 Å². The molecular formula is C32H30N2O5. The summed E-state index contributed by atoms with van der Waals surface area (Å²) >= 11 is 0. The SMILES string of the molecule is [C-]#[N+]C1([N+]#[C-])CC2=C(COC(C)=O)C(=O)CC2=C(COC(C)=O)[C@H]2C1=C[C@@H](/C=C/c1ccccc1)C[C@H]2C=C. The monoisotopic (exact) mass is 522 g/mol. The van der Waals surface area contributed by atoms with Gasteiger partial charge in [-0.1, -0.05) is 54.6 Å². The van der Waals surface area contributed by atoms with Crippen LogP contribution < -0.4 is 0 Å². The molecule has 0 N–H and O–H groups in total. The van der Waals surface area contributed by atoms with Crippen molar-refractivity contribution < 1.29 is 23.9 Å². The normalized spacial score (nSPS) is 23.6. The van der Waals surface area contributed by atoms with Gasteiger partial charge in [-0.15, -0.1) is 6.58 Å². The van der Waals surface area contributed by atoms with Gasteiger partial charge in [-0.3, -0.25) is 14.4 Å². The minimum atomic E-state index is -1.60. The molecule has 0 amide bonds. The van der Waals surface area contributed by atoms with Crippen LogP contribution in [0.3, 0.4) is 0 Å². The van der Waals surface area contributed by atoms with Gasteiger partial charge in [0.1, 0.15) is 25.2 Å². The average molecular weight is 523 g/mol. The lowest BCUT2D eigenvalue weighted by Crippen LogP contribution is -2.36. The molecule has 3 aliphatic rings. The van der Waals surface area contributed by atoms with Crippen molar-refractivity contribution in [2.75, 3.05) is 13.2 Å². The van der Waals surface area contributed by atoms with E-state index in [0.717, 1.165) is 5.56 Å². The van der Waals surface area contributed by atoms with Crippen LogP contribution >= 0.6 is 0 Å². The Balaban J connectivity index is 1.92.